The first-order valence-electron chi connectivity index (χ1n) is 7.69. The van der Waals surface area contributed by atoms with Crippen molar-refractivity contribution >= 4 is 5.69 Å². The van der Waals surface area contributed by atoms with Gasteiger partial charge in [0.15, 0.2) is 0 Å². The van der Waals surface area contributed by atoms with E-state index in [4.69, 9.17) is 4.74 Å². The highest BCUT2D eigenvalue weighted by molar-refractivity contribution is 5.54. The number of hydrogen-bond acceptors (Lipinski definition) is 2. The molecule has 0 heterocycles. The first kappa shape index (κ1) is 14.2. The number of hydrogen-bond donors (Lipinski definition) is 1. The number of anilines is 1. The fourth-order valence-corrected chi connectivity index (χ4v) is 2.91. The summed E-state index contributed by atoms with van der Waals surface area (Å²) in [6.07, 6.45) is 6.70. The SMILES string of the molecule is CCOc1ccc(NC2CCCC(C)CC2)c(C)c1. The summed E-state index contributed by atoms with van der Waals surface area (Å²) in [4.78, 5) is 0. The molecule has 2 nitrogen and oxygen atoms in total. The Morgan fingerprint density at radius 2 is 2.05 bits per heavy atom. The summed E-state index contributed by atoms with van der Waals surface area (Å²) in [5.74, 6) is 1.87. The third kappa shape index (κ3) is 4.15. The molecule has 19 heavy (non-hydrogen) atoms. The van der Waals surface area contributed by atoms with Crippen LogP contribution in [0.3, 0.4) is 0 Å². The van der Waals surface area contributed by atoms with Gasteiger partial charge in [-0.2, -0.15) is 0 Å². The van der Waals surface area contributed by atoms with Gasteiger partial charge in [-0.25, -0.2) is 0 Å². The molecular formula is C17H27NO. The fourth-order valence-electron chi connectivity index (χ4n) is 2.91. The number of aryl methyl sites for hydroxylation is 1. The molecule has 2 unspecified atom stereocenters. The van der Waals surface area contributed by atoms with Gasteiger partial charge in [0, 0.05) is 11.7 Å². The van der Waals surface area contributed by atoms with E-state index in [0.717, 1.165) is 18.3 Å². The van der Waals surface area contributed by atoms with Gasteiger partial charge < -0.3 is 10.1 Å². The summed E-state index contributed by atoms with van der Waals surface area (Å²) in [7, 11) is 0. The fraction of sp³-hybridized carbons (Fsp3) is 0.647. The van der Waals surface area contributed by atoms with E-state index in [1.165, 1.54) is 43.4 Å². The lowest BCUT2D eigenvalue weighted by atomic mass is 10.0. The quantitative estimate of drug-likeness (QED) is 0.788. The standard InChI is InChI=1S/C17H27NO/c1-4-19-16-10-11-17(14(3)12-16)18-15-7-5-6-13(2)8-9-15/h10-13,15,18H,4-9H2,1-3H3. The lowest BCUT2D eigenvalue weighted by Crippen LogP contribution is -2.19. The Balaban J connectivity index is 1.98. The van der Waals surface area contributed by atoms with Gasteiger partial charge in [0.25, 0.3) is 0 Å². The zero-order valence-corrected chi connectivity index (χ0v) is 12.5. The van der Waals surface area contributed by atoms with E-state index < -0.39 is 0 Å². The molecule has 1 aliphatic rings. The molecule has 106 valence electrons. The van der Waals surface area contributed by atoms with Crippen LogP contribution in [-0.4, -0.2) is 12.6 Å². The monoisotopic (exact) mass is 261 g/mol. The molecule has 0 aliphatic heterocycles. The van der Waals surface area contributed by atoms with Gasteiger partial charge in [-0.3, -0.25) is 0 Å². The lowest BCUT2D eigenvalue weighted by molar-refractivity contribution is 0.340. The molecule has 0 saturated heterocycles. The van der Waals surface area contributed by atoms with Gasteiger partial charge in [0.05, 0.1) is 6.61 Å². The highest BCUT2D eigenvalue weighted by atomic mass is 16.5. The number of benzene rings is 1. The van der Waals surface area contributed by atoms with E-state index in [0.29, 0.717) is 6.04 Å². The molecule has 1 aliphatic carbocycles. The van der Waals surface area contributed by atoms with Crippen LogP contribution in [0.4, 0.5) is 5.69 Å². The van der Waals surface area contributed by atoms with E-state index in [1.807, 2.05) is 6.92 Å². The molecule has 0 spiro atoms. The van der Waals surface area contributed by atoms with Crippen LogP contribution in [-0.2, 0) is 0 Å². The average molecular weight is 261 g/mol. The van der Waals surface area contributed by atoms with E-state index in [2.05, 4.69) is 37.4 Å². The summed E-state index contributed by atoms with van der Waals surface area (Å²) in [5.41, 5.74) is 2.55. The van der Waals surface area contributed by atoms with Crippen molar-refractivity contribution in [3.63, 3.8) is 0 Å². The van der Waals surface area contributed by atoms with Crippen LogP contribution in [0.2, 0.25) is 0 Å². The Bertz CT molecular complexity index is 402. The third-order valence-electron chi connectivity index (χ3n) is 4.13. The molecule has 1 fully saturated rings. The maximum absolute atomic E-state index is 5.54. The third-order valence-corrected chi connectivity index (χ3v) is 4.13. The smallest absolute Gasteiger partial charge is 0.119 e. The zero-order valence-electron chi connectivity index (χ0n) is 12.5. The van der Waals surface area contributed by atoms with Gasteiger partial charge >= 0.3 is 0 Å². The first-order valence-corrected chi connectivity index (χ1v) is 7.69. The summed E-state index contributed by atoms with van der Waals surface area (Å²) < 4.78 is 5.54. The molecular weight excluding hydrogens is 234 g/mol. The van der Waals surface area contributed by atoms with Gasteiger partial charge in [-0.05, 0) is 62.8 Å². The van der Waals surface area contributed by atoms with Crippen LogP contribution in [0.15, 0.2) is 18.2 Å². The molecule has 0 aromatic heterocycles. The zero-order chi connectivity index (χ0) is 13.7. The first-order chi connectivity index (χ1) is 9.19. The summed E-state index contributed by atoms with van der Waals surface area (Å²) in [5, 5.41) is 3.72. The Morgan fingerprint density at radius 3 is 2.79 bits per heavy atom. The second-order valence-corrected chi connectivity index (χ2v) is 5.86. The summed E-state index contributed by atoms with van der Waals surface area (Å²) in [6, 6.07) is 7.00. The number of nitrogens with one attached hydrogen (secondary N) is 1. The molecule has 0 radical (unpaired) electrons. The van der Waals surface area contributed by atoms with Crippen molar-refractivity contribution in [3.8, 4) is 5.75 Å². The Kier molecular flexibility index (Phi) is 5.12. The predicted molar refractivity (Wildman–Crippen MR) is 82.0 cm³/mol. The average Bonchev–Trinajstić information content (AvgIpc) is 2.58. The Hall–Kier alpha value is -1.18. The maximum Gasteiger partial charge on any atom is 0.119 e. The lowest BCUT2D eigenvalue weighted by Gasteiger charge is -2.20. The second-order valence-electron chi connectivity index (χ2n) is 5.86. The molecule has 2 rings (SSSR count). The second kappa shape index (κ2) is 6.83. The van der Waals surface area contributed by atoms with E-state index >= 15 is 0 Å². The number of rotatable bonds is 4. The molecule has 0 amide bonds. The van der Waals surface area contributed by atoms with Gasteiger partial charge in [-0.15, -0.1) is 0 Å². The maximum atomic E-state index is 5.54. The van der Waals surface area contributed by atoms with Crippen molar-refractivity contribution in [1.82, 2.24) is 0 Å². The normalized spacial score (nSPS) is 23.7. The van der Waals surface area contributed by atoms with Crippen LogP contribution in [0, 0.1) is 12.8 Å². The van der Waals surface area contributed by atoms with E-state index in [1.54, 1.807) is 0 Å². The van der Waals surface area contributed by atoms with Crippen LogP contribution in [0.25, 0.3) is 0 Å². The number of ether oxygens (including phenoxy) is 1. The van der Waals surface area contributed by atoms with Crippen LogP contribution in [0.5, 0.6) is 5.75 Å². The van der Waals surface area contributed by atoms with Crippen LogP contribution < -0.4 is 10.1 Å². The predicted octanol–water partition coefficient (Wildman–Crippen LogP) is 4.77. The van der Waals surface area contributed by atoms with Crippen LogP contribution >= 0.6 is 0 Å². The molecule has 1 aromatic rings. The van der Waals surface area contributed by atoms with Crippen molar-refractivity contribution in [2.75, 3.05) is 11.9 Å². The molecule has 2 heteroatoms. The minimum absolute atomic E-state index is 0.640. The van der Waals surface area contributed by atoms with Gasteiger partial charge in [0.1, 0.15) is 5.75 Å². The Morgan fingerprint density at radius 1 is 1.21 bits per heavy atom. The highest BCUT2D eigenvalue weighted by Gasteiger charge is 2.16. The Labute approximate surface area is 117 Å². The topological polar surface area (TPSA) is 21.3 Å². The van der Waals surface area contributed by atoms with Gasteiger partial charge in [-0.1, -0.05) is 19.8 Å². The largest absolute Gasteiger partial charge is 0.494 e. The van der Waals surface area contributed by atoms with Crippen molar-refractivity contribution in [1.29, 1.82) is 0 Å². The van der Waals surface area contributed by atoms with E-state index in [9.17, 15) is 0 Å². The van der Waals surface area contributed by atoms with Crippen molar-refractivity contribution < 1.29 is 4.74 Å². The summed E-state index contributed by atoms with van der Waals surface area (Å²) in [6.45, 7) is 7.29. The molecule has 1 saturated carbocycles. The molecule has 0 bridgehead atoms. The molecule has 1 aromatic carbocycles. The van der Waals surface area contributed by atoms with Gasteiger partial charge in [0.2, 0.25) is 0 Å². The van der Waals surface area contributed by atoms with Crippen molar-refractivity contribution in [3.05, 3.63) is 23.8 Å². The van der Waals surface area contributed by atoms with E-state index in [-0.39, 0.29) is 0 Å². The summed E-state index contributed by atoms with van der Waals surface area (Å²) >= 11 is 0. The van der Waals surface area contributed by atoms with Crippen LogP contribution in [0.1, 0.15) is 51.5 Å². The molecule has 1 N–H and O–H groups in total. The van der Waals surface area contributed by atoms with Crippen molar-refractivity contribution in [2.24, 2.45) is 5.92 Å². The minimum Gasteiger partial charge on any atom is -0.494 e. The minimum atomic E-state index is 0.640. The molecule has 2 atom stereocenters. The van der Waals surface area contributed by atoms with Crippen molar-refractivity contribution in [2.45, 2.75) is 58.9 Å². The highest BCUT2D eigenvalue weighted by Crippen LogP contribution is 2.27.